The van der Waals surface area contributed by atoms with Crippen LogP contribution in [0, 0.1) is 0 Å². The average molecular weight is 388 g/mol. The average Bonchev–Trinajstić information content (AvgIpc) is 2.72. The minimum atomic E-state index is 0.147. The van der Waals surface area contributed by atoms with Crippen LogP contribution in [0.1, 0.15) is 12.5 Å². The maximum atomic E-state index is 12.3. The fourth-order valence-electron chi connectivity index (χ4n) is 3.02. The van der Waals surface area contributed by atoms with Crippen LogP contribution in [0.3, 0.4) is 0 Å². The van der Waals surface area contributed by atoms with Gasteiger partial charge in [-0.15, -0.1) is 0 Å². The third-order valence-corrected chi connectivity index (χ3v) is 5.04. The number of benzene rings is 2. The van der Waals surface area contributed by atoms with Crippen LogP contribution in [0.2, 0.25) is 5.02 Å². The molecule has 1 heterocycles. The number of rotatable bonds is 7. The predicted octanol–water partition coefficient (Wildman–Crippen LogP) is 3.50. The second-order valence-electron chi connectivity index (χ2n) is 6.61. The lowest BCUT2D eigenvalue weighted by molar-refractivity contribution is -0.131. The van der Waals surface area contributed by atoms with Crippen molar-refractivity contribution in [3.05, 3.63) is 59.1 Å². The van der Waals surface area contributed by atoms with Crippen LogP contribution in [0.15, 0.2) is 48.5 Å². The third kappa shape index (κ3) is 5.88. The highest BCUT2D eigenvalue weighted by Gasteiger charge is 2.19. The summed E-state index contributed by atoms with van der Waals surface area (Å²) >= 11 is 5.88. The van der Waals surface area contributed by atoms with Crippen molar-refractivity contribution < 1.29 is 9.53 Å². The first-order chi connectivity index (χ1) is 13.1. The van der Waals surface area contributed by atoms with Crippen molar-refractivity contribution in [1.29, 1.82) is 0 Å². The van der Waals surface area contributed by atoms with Crippen molar-refractivity contribution in [1.82, 2.24) is 9.80 Å². The number of hydrogen-bond donors (Lipinski definition) is 1. The molecule has 6 heteroatoms. The van der Waals surface area contributed by atoms with E-state index in [1.165, 1.54) is 0 Å². The molecular weight excluding hydrogens is 362 g/mol. The lowest BCUT2D eigenvalue weighted by Crippen LogP contribution is -2.49. The first kappa shape index (κ1) is 19.5. The number of halogens is 1. The number of nitrogens with one attached hydrogen (secondary N) is 1. The Balaban J connectivity index is 1.42. The molecule has 1 aliphatic rings. The first-order valence-electron chi connectivity index (χ1n) is 9.35. The van der Waals surface area contributed by atoms with Gasteiger partial charge in [0.1, 0.15) is 12.4 Å². The predicted molar refractivity (Wildman–Crippen MR) is 109 cm³/mol. The molecule has 3 rings (SSSR count). The van der Waals surface area contributed by atoms with Gasteiger partial charge in [-0.1, -0.05) is 30.7 Å². The molecule has 0 atom stereocenters. The third-order valence-electron chi connectivity index (χ3n) is 4.79. The largest absolute Gasteiger partial charge is 0.489 e. The summed E-state index contributed by atoms with van der Waals surface area (Å²) in [5, 5.41) is 3.92. The molecule has 0 aliphatic carbocycles. The minimum Gasteiger partial charge on any atom is -0.489 e. The summed E-state index contributed by atoms with van der Waals surface area (Å²) in [5.41, 5.74) is 1.98. The molecule has 0 bridgehead atoms. The van der Waals surface area contributed by atoms with E-state index in [0.717, 1.165) is 54.7 Å². The van der Waals surface area contributed by atoms with Crippen LogP contribution in [0.5, 0.6) is 5.75 Å². The topological polar surface area (TPSA) is 44.8 Å². The summed E-state index contributed by atoms with van der Waals surface area (Å²) < 4.78 is 5.78. The number of piperazine rings is 1. The molecule has 1 saturated heterocycles. The molecule has 5 nitrogen and oxygen atoms in total. The van der Waals surface area contributed by atoms with Crippen molar-refractivity contribution in [2.24, 2.45) is 0 Å². The Labute approximate surface area is 165 Å². The summed E-state index contributed by atoms with van der Waals surface area (Å²) in [6, 6.07) is 15.3. The van der Waals surface area contributed by atoms with Gasteiger partial charge in [0.05, 0.1) is 6.54 Å². The van der Waals surface area contributed by atoms with Crippen LogP contribution in [0.4, 0.5) is 5.69 Å². The molecule has 1 amide bonds. The normalized spacial score (nSPS) is 14.8. The van der Waals surface area contributed by atoms with E-state index in [-0.39, 0.29) is 5.91 Å². The van der Waals surface area contributed by atoms with Gasteiger partial charge in [-0.05, 0) is 48.5 Å². The van der Waals surface area contributed by atoms with Gasteiger partial charge in [0.15, 0.2) is 0 Å². The highest BCUT2D eigenvalue weighted by Crippen LogP contribution is 2.18. The second kappa shape index (κ2) is 9.62. The maximum absolute atomic E-state index is 12.3. The highest BCUT2D eigenvalue weighted by atomic mass is 35.5. The van der Waals surface area contributed by atoms with Gasteiger partial charge < -0.3 is 19.9 Å². The molecule has 0 spiro atoms. The SMILES string of the molecule is CCN1CCN(C(=O)CNc2ccc(OCc3ccc(Cl)cc3)cc2)CC1. The Morgan fingerprint density at radius 1 is 1.04 bits per heavy atom. The molecule has 27 heavy (non-hydrogen) atoms. The number of ether oxygens (including phenoxy) is 1. The molecule has 144 valence electrons. The van der Waals surface area contributed by atoms with Crippen molar-refractivity contribution >= 4 is 23.2 Å². The van der Waals surface area contributed by atoms with E-state index < -0.39 is 0 Å². The molecule has 0 unspecified atom stereocenters. The van der Waals surface area contributed by atoms with E-state index >= 15 is 0 Å². The van der Waals surface area contributed by atoms with Crippen molar-refractivity contribution in [3.8, 4) is 5.75 Å². The molecule has 0 aromatic heterocycles. The number of carbonyl (C=O) groups excluding carboxylic acids is 1. The van der Waals surface area contributed by atoms with E-state index in [4.69, 9.17) is 16.3 Å². The molecule has 2 aromatic rings. The van der Waals surface area contributed by atoms with Gasteiger partial charge in [-0.25, -0.2) is 0 Å². The number of amides is 1. The quantitative estimate of drug-likeness (QED) is 0.789. The second-order valence-corrected chi connectivity index (χ2v) is 7.04. The fourth-order valence-corrected chi connectivity index (χ4v) is 3.15. The standard InChI is InChI=1S/C21H26ClN3O2/c1-2-24-11-13-25(14-12-24)21(26)15-23-19-7-9-20(10-8-19)27-16-17-3-5-18(22)6-4-17/h3-10,23H,2,11-16H2,1H3. The Bertz CT molecular complexity index is 726. The van der Waals surface area contributed by atoms with E-state index in [0.29, 0.717) is 13.2 Å². The van der Waals surface area contributed by atoms with Gasteiger partial charge in [0.25, 0.3) is 0 Å². The van der Waals surface area contributed by atoms with Gasteiger partial charge in [0, 0.05) is 36.9 Å². The number of nitrogens with zero attached hydrogens (tertiary/aromatic N) is 2. The Morgan fingerprint density at radius 3 is 2.33 bits per heavy atom. The number of hydrogen-bond acceptors (Lipinski definition) is 4. The van der Waals surface area contributed by atoms with Crippen LogP contribution >= 0.6 is 11.6 Å². The van der Waals surface area contributed by atoms with Crippen LogP contribution in [-0.2, 0) is 11.4 Å². The molecule has 1 fully saturated rings. The molecule has 1 N–H and O–H groups in total. The molecule has 1 aliphatic heterocycles. The maximum Gasteiger partial charge on any atom is 0.241 e. The van der Waals surface area contributed by atoms with Gasteiger partial charge in [0.2, 0.25) is 5.91 Å². The lowest BCUT2D eigenvalue weighted by atomic mass is 10.2. The number of anilines is 1. The molecule has 0 saturated carbocycles. The Morgan fingerprint density at radius 2 is 1.70 bits per heavy atom. The van der Waals surface area contributed by atoms with E-state index in [2.05, 4.69) is 17.1 Å². The fraction of sp³-hybridized carbons (Fsp3) is 0.381. The van der Waals surface area contributed by atoms with Crippen molar-refractivity contribution in [2.45, 2.75) is 13.5 Å². The molecular formula is C21H26ClN3O2. The van der Waals surface area contributed by atoms with Gasteiger partial charge in [-0.3, -0.25) is 4.79 Å². The minimum absolute atomic E-state index is 0.147. The Hall–Kier alpha value is -2.24. The van der Waals surface area contributed by atoms with Gasteiger partial charge >= 0.3 is 0 Å². The van der Waals surface area contributed by atoms with Crippen LogP contribution < -0.4 is 10.1 Å². The zero-order valence-corrected chi connectivity index (χ0v) is 16.4. The zero-order chi connectivity index (χ0) is 19.1. The summed E-state index contributed by atoms with van der Waals surface area (Å²) in [5.74, 6) is 0.936. The summed E-state index contributed by atoms with van der Waals surface area (Å²) in [6.45, 7) is 7.55. The number of carbonyl (C=O) groups is 1. The highest BCUT2D eigenvalue weighted by molar-refractivity contribution is 6.30. The van der Waals surface area contributed by atoms with Crippen LogP contribution in [-0.4, -0.2) is 55.0 Å². The van der Waals surface area contributed by atoms with Crippen molar-refractivity contribution in [2.75, 3.05) is 44.6 Å². The van der Waals surface area contributed by atoms with Crippen molar-refractivity contribution in [3.63, 3.8) is 0 Å². The molecule has 0 radical (unpaired) electrons. The zero-order valence-electron chi connectivity index (χ0n) is 15.7. The van der Waals surface area contributed by atoms with Gasteiger partial charge in [-0.2, -0.15) is 0 Å². The number of likely N-dealkylation sites (N-methyl/N-ethyl adjacent to an activating group) is 1. The van der Waals surface area contributed by atoms with E-state index in [1.807, 2.05) is 53.4 Å². The van der Waals surface area contributed by atoms with E-state index in [1.54, 1.807) is 0 Å². The Kier molecular flexibility index (Phi) is 6.96. The monoisotopic (exact) mass is 387 g/mol. The summed E-state index contributed by atoms with van der Waals surface area (Å²) in [4.78, 5) is 16.6. The summed E-state index contributed by atoms with van der Waals surface area (Å²) in [6.07, 6.45) is 0. The first-order valence-corrected chi connectivity index (χ1v) is 9.73. The summed E-state index contributed by atoms with van der Waals surface area (Å²) in [7, 11) is 0. The van der Waals surface area contributed by atoms with Crippen LogP contribution in [0.25, 0.3) is 0 Å². The smallest absolute Gasteiger partial charge is 0.241 e. The molecule has 2 aromatic carbocycles. The lowest BCUT2D eigenvalue weighted by Gasteiger charge is -2.34. The van der Waals surface area contributed by atoms with E-state index in [9.17, 15) is 4.79 Å².